The molecule has 1 aromatic heterocycles. The van der Waals surface area contributed by atoms with Gasteiger partial charge in [-0.15, -0.1) is 5.10 Å². The van der Waals surface area contributed by atoms with Gasteiger partial charge >= 0.3 is 0 Å². The lowest BCUT2D eigenvalue weighted by atomic mass is 10.1. The molecule has 0 unspecified atom stereocenters. The molecule has 22 heavy (non-hydrogen) atoms. The van der Waals surface area contributed by atoms with Crippen LogP contribution in [0, 0.1) is 11.7 Å². The van der Waals surface area contributed by atoms with Crippen LogP contribution in [0.1, 0.15) is 20.3 Å². The molecule has 0 saturated heterocycles. The number of nitrogens with one attached hydrogen (secondary N) is 2. The zero-order chi connectivity index (χ0) is 15.9. The maximum absolute atomic E-state index is 13.6. The molecule has 1 heterocycles. The highest BCUT2D eigenvalue weighted by atomic mass is 32.2. The van der Waals surface area contributed by atoms with Crippen LogP contribution in [0.25, 0.3) is 11.4 Å². The fraction of sp³-hybridized carbons (Fsp3) is 0.400. The van der Waals surface area contributed by atoms with E-state index in [1.165, 1.54) is 17.8 Å². The van der Waals surface area contributed by atoms with Gasteiger partial charge < -0.3 is 5.32 Å². The lowest BCUT2D eigenvalue weighted by Gasteiger charge is -2.05. The minimum Gasteiger partial charge on any atom is -0.355 e. The smallest absolute Gasteiger partial charge is 0.230 e. The van der Waals surface area contributed by atoms with E-state index in [1.807, 2.05) is 0 Å². The van der Waals surface area contributed by atoms with Crippen LogP contribution in [-0.4, -0.2) is 33.4 Å². The first-order chi connectivity index (χ1) is 10.6. The molecule has 5 nitrogen and oxygen atoms in total. The molecule has 2 N–H and O–H groups in total. The maximum atomic E-state index is 13.6. The minimum absolute atomic E-state index is 0.0529. The summed E-state index contributed by atoms with van der Waals surface area (Å²) in [5.74, 6) is 0.752. The molecular weight excluding hydrogens is 303 g/mol. The van der Waals surface area contributed by atoms with E-state index in [1.54, 1.807) is 18.2 Å². The van der Waals surface area contributed by atoms with Crippen molar-refractivity contribution in [1.82, 2.24) is 20.5 Å². The second-order valence-corrected chi connectivity index (χ2v) is 6.21. The van der Waals surface area contributed by atoms with E-state index in [4.69, 9.17) is 0 Å². The van der Waals surface area contributed by atoms with Gasteiger partial charge in [-0.05, 0) is 24.5 Å². The number of carbonyl (C=O) groups excluding carboxylic acids is 1. The first-order valence-electron chi connectivity index (χ1n) is 7.13. The molecule has 1 amide bonds. The van der Waals surface area contributed by atoms with Gasteiger partial charge in [0.2, 0.25) is 11.1 Å². The number of thioether (sulfide) groups is 1. The van der Waals surface area contributed by atoms with Crippen molar-refractivity contribution >= 4 is 17.7 Å². The lowest BCUT2D eigenvalue weighted by molar-refractivity contribution is -0.118. The third-order valence-electron chi connectivity index (χ3n) is 2.97. The van der Waals surface area contributed by atoms with E-state index >= 15 is 0 Å². The standard InChI is InChI=1S/C15H19FN4OS/c1-10(2)7-8-17-13(21)9-22-15-18-14(19-20-15)11-5-3-4-6-12(11)16/h3-6,10H,7-9H2,1-2H3,(H,17,21)(H,18,19,20). The Bertz CT molecular complexity index is 630. The maximum Gasteiger partial charge on any atom is 0.230 e. The van der Waals surface area contributed by atoms with E-state index in [0.29, 0.717) is 29.0 Å². The summed E-state index contributed by atoms with van der Waals surface area (Å²) in [7, 11) is 0. The van der Waals surface area contributed by atoms with Crippen molar-refractivity contribution in [2.75, 3.05) is 12.3 Å². The van der Waals surface area contributed by atoms with Gasteiger partial charge in [0.1, 0.15) is 5.82 Å². The summed E-state index contributed by atoms with van der Waals surface area (Å²) in [6.07, 6.45) is 0.953. The van der Waals surface area contributed by atoms with Crippen molar-refractivity contribution in [1.29, 1.82) is 0 Å². The van der Waals surface area contributed by atoms with Crippen molar-refractivity contribution in [3.8, 4) is 11.4 Å². The van der Waals surface area contributed by atoms with Gasteiger partial charge in [0, 0.05) is 6.54 Å². The fourth-order valence-electron chi connectivity index (χ4n) is 1.77. The van der Waals surface area contributed by atoms with Gasteiger partial charge in [-0.25, -0.2) is 9.37 Å². The van der Waals surface area contributed by atoms with Crippen LogP contribution < -0.4 is 5.32 Å². The number of H-pyrrole nitrogens is 1. The van der Waals surface area contributed by atoms with Crippen LogP contribution in [0.15, 0.2) is 29.4 Å². The largest absolute Gasteiger partial charge is 0.355 e. The van der Waals surface area contributed by atoms with E-state index in [0.717, 1.165) is 6.42 Å². The Kier molecular flexibility index (Phi) is 5.94. The predicted octanol–water partition coefficient (Wildman–Crippen LogP) is 2.87. The summed E-state index contributed by atoms with van der Waals surface area (Å²) in [5, 5.41) is 9.96. The molecule has 1 aromatic carbocycles. The van der Waals surface area contributed by atoms with E-state index < -0.39 is 0 Å². The van der Waals surface area contributed by atoms with E-state index in [9.17, 15) is 9.18 Å². The average Bonchev–Trinajstić information content (AvgIpc) is 2.94. The van der Waals surface area contributed by atoms with Crippen molar-refractivity contribution in [3.05, 3.63) is 30.1 Å². The molecule has 118 valence electrons. The van der Waals surface area contributed by atoms with Crippen LogP contribution in [-0.2, 0) is 4.79 Å². The molecule has 0 bridgehead atoms. The molecule has 0 aliphatic carbocycles. The second-order valence-electron chi connectivity index (χ2n) is 5.27. The number of rotatable bonds is 7. The summed E-state index contributed by atoms with van der Waals surface area (Å²) in [6.45, 7) is 4.89. The van der Waals surface area contributed by atoms with Crippen molar-refractivity contribution in [3.63, 3.8) is 0 Å². The minimum atomic E-state index is -0.360. The van der Waals surface area contributed by atoms with Crippen LogP contribution in [0.5, 0.6) is 0 Å². The number of benzene rings is 1. The lowest BCUT2D eigenvalue weighted by Crippen LogP contribution is -2.26. The number of hydrogen-bond donors (Lipinski definition) is 2. The van der Waals surface area contributed by atoms with Gasteiger partial charge in [0.25, 0.3) is 0 Å². The summed E-state index contributed by atoms with van der Waals surface area (Å²) in [5.41, 5.74) is 0.364. The Hall–Kier alpha value is -1.89. The van der Waals surface area contributed by atoms with Crippen LogP contribution in [0.2, 0.25) is 0 Å². The van der Waals surface area contributed by atoms with Gasteiger partial charge in [-0.2, -0.15) is 0 Å². The molecule has 7 heteroatoms. The summed E-state index contributed by atoms with van der Waals surface area (Å²) in [6, 6.07) is 6.35. The highest BCUT2D eigenvalue weighted by Gasteiger charge is 2.11. The average molecular weight is 322 g/mol. The van der Waals surface area contributed by atoms with Gasteiger partial charge in [0.05, 0.1) is 11.3 Å². The molecule has 0 aliphatic rings. The fourth-order valence-corrected chi connectivity index (χ4v) is 2.39. The summed E-state index contributed by atoms with van der Waals surface area (Å²) < 4.78 is 13.6. The molecule has 0 spiro atoms. The van der Waals surface area contributed by atoms with Gasteiger partial charge in [-0.1, -0.05) is 37.7 Å². The number of nitrogens with zero attached hydrogens (tertiary/aromatic N) is 2. The summed E-state index contributed by atoms with van der Waals surface area (Å²) >= 11 is 1.22. The Morgan fingerprint density at radius 1 is 1.41 bits per heavy atom. The molecule has 0 radical (unpaired) electrons. The zero-order valence-corrected chi connectivity index (χ0v) is 13.4. The summed E-state index contributed by atoms with van der Waals surface area (Å²) in [4.78, 5) is 15.9. The van der Waals surface area contributed by atoms with Gasteiger partial charge in [0.15, 0.2) is 5.82 Å². The monoisotopic (exact) mass is 322 g/mol. The van der Waals surface area contributed by atoms with E-state index in [2.05, 4.69) is 34.3 Å². The highest BCUT2D eigenvalue weighted by molar-refractivity contribution is 7.99. The molecule has 0 fully saturated rings. The number of aromatic amines is 1. The van der Waals surface area contributed by atoms with Crippen LogP contribution in [0.3, 0.4) is 0 Å². The second kappa shape index (κ2) is 7.93. The Morgan fingerprint density at radius 2 is 2.18 bits per heavy atom. The first kappa shape index (κ1) is 16.5. The number of amides is 1. The van der Waals surface area contributed by atoms with Crippen LogP contribution >= 0.6 is 11.8 Å². The van der Waals surface area contributed by atoms with Crippen molar-refractivity contribution in [2.45, 2.75) is 25.4 Å². The quantitative estimate of drug-likeness (QED) is 0.769. The van der Waals surface area contributed by atoms with E-state index in [-0.39, 0.29) is 17.5 Å². The zero-order valence-electron chi connectivity index (χ0n) is 12.6. The Morgan fingerprint density at radius 3 is 2.91 bits per heavy atom. The number of aromatic nitrogens is 3. The normalized spacial score (nSPS) is 10.9. The van der Waals surface area contributed by atoms with Crippen LogP contribution in [0.4, 0.5) is 4.39 Å². The molecule has 0 atom stereocenters. The van der Waals surface area contributed by atoms with Crippen molar-refractivity contribution < 1.29 is 9.18 Å². The third kappa shape index (κ3) is 4.84. The molecule has 0 aliphatic heterocycles. The molecule has 2 rings (SSSR count). The predicted molar refractivity (Wildman–Crippen MR) is 85.0 cm³/mol. The topological polar surface area (TPSA) is 70.7 Å². The number of hydrogen-bond acceptors (Lipinski definition) is 4. The molecule has 2 aromatic rings. The third-order valence-corrected chi connectivity index (χ3v) is 3.82. The highest BCUT2D eigenvalue weighted by Crippen LogP contribution is 2.21. The molecule has 0 saturated carbocycles. The Labute approximate surface area is 133 Å². The Balaban J connectivity index is 1.85. The first-order valence-corrected chi connectivity index (χ1v) is 8.11. The molecular formula is C15H19FN4OS. The number of halogens is 1. The van der Waals surface area contributed by atoms with Gasteiger partial charge in [-0.3, -0.25) is 9.89 Å². The SMILES string of the molecule is CC(C)CCNC(=O)CSc1n[nH]c(-c2ccccc2F)n1. The van der Waals surface area contributed by atoms with Crippen molar-refractivity contribution in [2.24, 2.45) is 5.92 Å². The number of carbonyl (C=O) groups is 1.